The molecule has 0 spiro atoms. The van der Waals surface area contributed by atoms with Crippen LogP contribution in [0.25, 0.3) is 0 Å². The lowest BCUT2D eigenvalue weighted by atomic mass is 9.99. The summed E-state index contributed by atoms with van der Waals surface area (Å²) in [4.78, 5) is 7.24. The highest BCUT2D eigenvalue weighted by atomic mass is 32.1. The molecule has 1 aromatic rings. The smallest absolute Gasteiger partial charge is 0.123 e. The van der Waals surface area contributed by atoms with Gasteiger partial charge in [-0.1, -0.05) is 31.6 Å². The van der Waals surface area contributed by atoms with Gasteiger partial charge in [-0.3, -0.25) is 9.88 Å². The monoisotopic (exact) mass is 263 g/mol. The number of aromatic nitrogens is 1. The summed E-state index contributed by atoms with van der Waals surface area (Å²) in [5.41, 5.74) is 7.68. The molecule has 1 atom stereocenters. The number of hydrogen-bond acceptors (Lipinski definition) is 3. The van der Waals surface area contributed by atoms with Gasteiger partial charge in [-0.15, -0.1) is 0 Å². The summed E-state index contributed by atoms with van der Waals surface area (Å²) in [5, 5.41) is 0. The Morgan fingerprint density at radius 1 is 1.56 bits per heavy atom. The Morgan fingerprint density at radius 2 is 2.39 bits per heavy atom. The van der Waals surface area contributed by atoms with Crippen molar-refractivity contribution in [3.8, 4) is 0 Å². The highest BCUT2D eigenvalue weighted by Gasteiger charge is 2.21. The molecule has 0 aromatic carbocycles. The molecule has 0 radical (unpaired) electrons. The van der Waals surface area contributed by atoms with Gasteiger partial charge in [0.1, 0.15) is 10.7 Å². The van der Waals surface area contributed by atoms with Crippen molar-refractivity contribution in [2.75, 3.05) is 6.54 Å². The molecular weight excluding hydrogens is 242 g/mol. The fourth-order valence-corrected chi connectivity index (χ4v) is 2.92. The first-order chi connectivity index (χ1) is 8.72. The number of pyridine rings is 1. The predicted octanol–water partition coefficient (Wildman–Crippen LogP) is 2.48. The molecule has 1 fully saturated rings. The molecular formula is C14H21N3S. The van der Waals surface area contributed by atoms with Gasteiger partial charge in [0.05, 0.1) is 0 Å². The van der Waals surface area contributed by atoms with Crippen molar-refractivity contribution in [1.29, 1.82) is 0 Å². The molecule has 0 saturated carbocycles. The van der Waals surface area contributed by atoms with E-state index >= 15 is 0 Å². The second-order valence-corrected chi connectivity index (χ2v) is 5.34. The summed E-state index contributed by atoms with van der Waals surface area (Å²) in [6.45, 7) is 4.35. The molecule has 1 aliphatic heterocycles. The third-order valence-electron chi connectivity index (χ3n) is 3.72. The number of nitrogens with zero attached hydrogens (tertiary/aromatic N) is 2. The van der Waals surface area contributed by atoms with E-state index in [0.29, 0.717) is 11.0 Å². The molecule has 0 bridgehead atoms. The van der Waals surface area contributed by atoms with Gasteiger partial charge >= 0.3 is 0 Å². The Labute approximate surface area is 114 Å². The second kappa shape index (κ2) is 6.25. The van der Waals surface area contributed by atoms with E-state index < -0.39 is 0 Å². The predicted molar refractivity (Wildman–Crippen MR) is 78.5 cm³/mol. The lowest BCUT2D eigenvalue weighted by Gasteiger charge is -2.35. The highest BCUT2D eigenvalue weighted by molar-refractivity contribution is 7.80. The number of hydrogen-bond donors (Lipinski definition) is 1. The summed E-state index contributed by atoms with van der Waals surface area (Å²) in [7, 11) is 0. The van der Waals surface area contributed by atoms with Gasteiger partial charge in [0.15, 0.2) is 0 Å². The van der Waals surface area contributed by atoms with Crippen LogP contribution in [0.3, 0.4) is 0 Å². The largest absolute Gasteiger partial charge is 0.388 e. The fourth-order valence-electron chi connectivity index (χ4n) is 2.74. The van der Waals surface area contributed by atoms with Crippen LogP contribution in [0.5, 0.6) is 0 Å². The molecule has 1 aliphatic rings. The molecule has 4 heteroatoms. The third kappa shape index (κ3) is 3.06. The highest BCUT2D eigenvalue weighted by Crippen LogP contribution is 2.22. The Bertz CT molecular complexity index is 419. The summed E-state index contributed by atoms with van der Waals surface area (Å²) < 4.78 is 0. The van der Waals surface area contributed by atoms with Gasteiger partial charge < -0.3 is 5.73 Å². The molecule has 0 amide bonds. The van der Waals surface area contributed by atoms with Gasteiger partial charge in [0, 0.05) is 18.8 Å². The minimum atomic E-state index is 0.399. The van der Waals surface area contributed by atoms with Crippen molar-refractivity contribution in [2.45, 2.75) is 45.2 Å². The molecule has 2 heterocycles. The van der Waals surface area contributed by atoms with E-state index in [1.807, 2.05) is 6.07 Å². The average molecular weight is 263 g/mol. The van der Waals surface area contributed by atoms with E-state index in [-0.39, 0.29) is 0 Å². The van der Waals surface area contributed by atoms with Gasteiger partial charge in [-0.05, 0) is 37.4 Å². The van der Waals surface area contributed by atoms with Crippen LogP contribution in [0.2, 0.25) is 0 Å². The molecule has 0 aliphatic carbocycles. The van der Waals surface area contributed by atoms with Gasteiger partial charge in [-0.2, -0.15) is 0 Å². The molecule has 98 valence electrons. The SMILES string of the molecule is CCC1CCCCN1Cc1cccnc1C(N)=S. The first-order valence-corrected chi connectivity index (χ1v) is 7.11. The lowest BCUT2D eigenvalue weighted by molar-refractivity contribution is 0.136. The standard InChI is InChI=1S/C14H21N3S/c1-2-12-7-3-4-9-17(12)10-11-6-5-8-16-13(11)14(15)18/h5-6,8,12H,2-4,7,9-10H2,1H3,(H2,15,18). The summed E-state index contributed by atoms with van der Waals surface area (Å²) in [6.07, 6.45) is 6.91. The third-order valence-corrected chi connectivity index (χ3v) is 3.91. The van der Waals surface area contributed by atoms with Crippen LogP contribution in [-0.2, 0) is 6.54 Å². The van der Waals surface area contributed by atoms with E-state index in [0.717, 1.165) is 17.8 Å². The maximum atomic E-state index is 5.74. The van der Waals surface area contributed by atoms with Crippen LogP contribution >= 0.6 is 12.2 Å². The Hall–Kier alpha value is -1.00. The van der Waals surface area contributed by atoms with E-state index in [1.54, 1.807) is 6.20 Å². The molecule has 1 saturated heterocycles. The van der Waals surface area contributed by atoms with Gasteiger partial charge in [0.25, 0.3) is 0 Å². The van der Waals surface area contributed by atoms with Crippen LogP contribution < -0.4 is 5.73 Å². The zero-order valence-corrected chi connectivity index (χ0v) is 11.7. The van der Waals surface area contributed by atoms with Crippen molar-refractivity contribution in [1.82, 2.24) is 9.88 Å². The minimum absolute atomic E-state index is 0.399. The summed E-state index contributed by atoms with van der Waals surface area (Å²) >= 11 is 5.07. The zero-order chi connectivity index (χ0) is 13.0. The summed E-state index contributed by atoms with van der Waals surface area (Å²) in [5.74, 6) is 0. The quantitative estimate of drug-likeness (QED) is 0.848. The van der Waals surface area contributed by atoms with E-state index in [9.17, 15) is 0 Å². The van der Waals surface area contributed by atoms with Crippen LogP contribution in [0.15, 0.2) is 18.3 Å². The molecule has 1 aromatic heterocycles. The molecule has 2 rings (SSSR count). The first-order valence-electron chi connectivity index (χ1n) is 6.70. The topological polar surface area (TPSA) is 42.2 Å². The maximum absolute atomic E-state index is 5.74. The van der Waals surface area contributed by atoms with Gasteiger partial charge in [-0.25, -0.2) is 0 Å². The van der Waals surface area contributed by atoms with Crippen molar-refractivity contribution < 1.29 is 0 Å². The van der Waals surface area contributed by atoms with Crippen molar-refractivity contribution >= 4 is 17.2 Å². The molecule has 3 nitrogen and oxygen atoms in total. The Morgan fingerprint density at radius 3 is 3.11 bits per heavy atom. The van der Waals surface area contributed by atoms with Crippen molar-refractivity contribution in [3.05, 3.63) is 29.6 Å². The maximum Gasteiger partial charge on any atom is 0.123 e. The number of thiocarbonyl (C=S) groups is 1. The molecule has 2 N–H and O–H groups in total. The van der Waals surface area contributed by atoms with Crippen LogP contribution in [0.4, 0.5) is 0 Å². The Balaban J connectivity index is 2.15. The Kier molecular flexibility index (Phi) is 4.66. The lowest BCUT2D eigenvalue weighted by Crippen LogP contribution is -2.39. The fraction of sp³-hybridized carbons (Fsp3) is 0.571. The normalized spacial score (nSPS) is 20.8. The number of rotatable bonds is 4. The van der Waals surface area contributed by atoms with Crippen LogP contribution in [0.1, 0.15) is 43.9 Å². The minimum Gasteiger partial charge on any atom is -0.388 e. The van der Waals surface area contributed by atoms with Crippen LogP contribution in [0, 0.1) is 0 Å². The zero-order valence-electron chi connectivity index (χ0n) is 10.9. The van der Waals surface area contributed by atoms with Crippen molar-refractivity contribution in [3.63, 3.8) is 0 Å². The van der Waals surface area contributed by atoms with Crippen LogP contribution in [-0.4, -0.2) is 27.5 Å². The van der Waals surface area contributed by atoms with Crippen molar-refractivity contribution in [2.24, 2.45) is 5.73 Å². The average Bonchev–Trinajstić information content (AvgIpc) is 2.40. The first kappa shape index (κ1) is 13.4. The number of likely N-dealkylation sites (tertiary alicyclic amines) is 1. The number of piperidine rings is 1. The molecule has 1 unspecified atom stereocenters. The summed E-state index contributed by atoms with van der Waals surface area (Å²) in [6, 6.07) is 4.74. The number of nitrogens with two attached hydrogens (primary N) is 1. The second-order valence-electron chi connectivity index (χ2n) is 4.90. The van der Waals surface area contributed by atoms with Gasteiger partial charge in [0.2, 0.25) is 0 Å². The van der Waals surface area contributed by atoms with E-state index in [4.69, 9.17) is 18.0 Å². The van der Waals surface area contributed by atoms with E-state index in [1.165, 1.54) is 32.2 Å². The molecule has 18 heavy (non-hydrogen) atoms. The van der Waals surface area contributed by atoms with E-state index in [2.05, 4.69) is 22.9 Å².